The van der Waals surface area contributed by atoms with Gasteiger partial charge in [0.2, 0.25) is 0 Å². The van der Waals surface area contributed by atoms with Crippen molar-refractivity contribution in [3.05, 3.63) is 34.6 Å². The van der Waals surface area contributed by atoms with E-state index in [0.29, 0.717) is 5.02 Å². The third kappa shape index (κ3) is 5.05. The molecule has 1 aromatic carbocycles. The normalized spacial score (nSPS) is 13.8. The van der Waals surface area contributed by atoms with Gasteiger partial charge in [0, 0.05) is 10.6 Å². The van der Waals surface area contributed by atoms with Crippen LogP contribution in [0, 0.1) is 5.82 Å². The molecule has 17 heavy (non-hydrogen) atoms. The van der Waals surface area contributed by atoms with Crippen LogP contribution in [0.25, 0.3) is 0 Å². The molecule has 0 aliphatic carbocycles. The smallest absolute Gasteiger partial charge is 0.123 e. The average Bonchev–Trinajstić information content (AvgIpc) is 2.19. The van der Waals surface area contributed by atoms with E-state index in [1.165, 1.54) is 12.1 Å². The van der Waals surface area contributed by atoms with Crippen LogP contribution in [-0.4, -0.2) is 12.1 Å². The molecule has 0 aliphatic rings. The fourth-order valence-corrected chi connectivity index (χ4v) is 2.02. The molecule has 0 radical (unpaired) electrons. The van der Waals surface area contributed by atoms with Gasteiger partial charge in [-0.2, -0.15) is 0 Å². The van der Waals surface area contributed by atoms with Crippen LogP contribution < -0.4 is 5.32 Å². The molecule has 0 amide bonds. The van der Waals surface area contributed by atoms with Gasteiger partial charge in [-0.1, -0.05) is 18.5 Å². The lowest BCUT2D eigenvalue weighted by Crippen LogP contribution is -2.36. The second-order valence-electron chi connectivity index (χ2n) is 5.53. The van der Waals surface area contributed by atoms with Crippen LogP contribution in [0.15, 0.2) is 18.2 Å². The molecule has 0 aliphatic heterocycles. The third-order valence-corrected chi connectivity index (χ3v) is 3.07. The third-order valence-electron chi connectivity index (χ3n) is 2.72. The standard InChI is InChI=1S/C14H21ClFN/c1-10(7-8-17-14(2,3)4)12-9-11(16)5-6-13(12)15/h5-6,9-10,17H,7-8H2,1-4H3. The van der Waals surface area contributed by atoms with E-state index in [1.54, 1.807) is 6.07 Å². The summed E-state index contributed by atoms with van der Waals surface area (Å²) in [5.41, 5.74) is 1.01. The zero-order valence-corrected chi connectivity index (χ0v) is 11.7. The van der Waals surface area contributed by atoms with Crippen LogP contribution in [0.2, 0.25) is 5.02 Å². The van der Waals surface area contributed by atoms with E-state index >= 15 is 0 Å². The highest BCUT2D eigenvalue weighted by Gasteiger charge is 2.13. The molecule has 1 atom stereocenters. The highest BCUT2D eigenvalue weighted by molar-refractivity contribution is 6.31. The summed E-state index contributed by atoms with van der Waals surface area (Å²) in [7, 11) is 0. The van der Waals surface area contributed by atoms with Crippen molar-refractivity contribution in [2.24, 2.45) is 0 Å². The Morgan fingerprint density at radius 3 is 2.59 bits per heavy atom. The molecular formula is C14H21ClFN. The van der Waals surface area contributed by atoms with Crippen molar-refractivity contribution in [3.8, 4) is 0 Å². The van der Waals surface area contributed by atoms with Gasteiger partial charge in [0.05, 0.1) is 0 Å². The summed E-state index contributed by atoms with van der Waals surface area (Å²) in [6.45, 7) is 9.37. The first-order valence-corrected chi connectivity index (χ1v) is 6.37. The van der Waals surface area contributed by atoms with Crippen molar-refractivity contribution in [3.63, 3.8) is 0 Å². The Hall–Kier alpha value is -0.600. The van der Waals surface area contributed by atoms with Crippen molar-refractivity contribution in [2.75, 3.05) is 6.54 Å². The van der Waals surface area contributed by atoms with Crippen molar-refractivity contribution >= 4 is 11.6 Å². The lowest BCUT2D eigenvalue weighted by Gasteiger charge is -2.22. The molecule has 0 heterocycles. The Morgan fingerprint density at radius 2 is 2.00 bits per heavy atom. The highest BCUT2D eigenvalue weighted by atomic mass is 35.5. The monoisotopic (exact) mass is 257 g/mol. The van der Waals surface area contributed by atoms with Gasteiger partial charge in [-0.3, -0.25) is 0 Å². The molecule has 1 rings (SSSR count). The van der Waals surface area contributed by atoms with Gasteiger partial charge in [-0.15, -0.1) is 0 Å². The Balaban J connectivity index is 2.58. The van der Waals surface area contributed by atoms with Gasteiger partial charge in [0.15, 0.2) is 0 Å². The maximum Gasteiger partial charge on any atom is 0.123 e. The van der Waals surface area contributed by atoms with Gasteiger partial charge < -0.3 is 5.32 Å². The Bertz CT molecular complexity index is 371. The van der Waals surface area contributed by atoms with E-state index in [1.807, 2.05) is 0 Å². The van der Waals surface area contributed by atoms with Crippen molar-refractivity contribution in [1.82, 2.24) is 5.32 Å². The van der Waals surface area contributed by atoms with E-state index in [0.717, 1.165) is 18.5 Å². The number of hydrogen-bond acceptors (Lipinski definition) is 1. The molecule has 0 aromatic heterocycles. The van der Waals surface area contributed by atoms with E-state index < -0.39 is 0 Å². The number of benzene rings is 1. The van der Waals surface area contributed by atoms with Crippen molar-refractivity contribution < 1.29 is 4.39 Å². The molecule has 3 heteroatoms. The lowest BCUT2D eigenvalue weighted by molar-refractivity contribution is 0.413. The lowest BCUT2D eigenvalue weighted by atomic mass is 9.97. The van der Waals surface area contributed by atoms with Gasteiger partial charge in [0.25, 0.3) is 0 Å². The summed E-state index contributed by atoms with van der Waals surface area (Å²) in [5, 5.41) is 4.07. The number of halogens is 2. The molecule has 0 bridgehead atoms. The second-order valence-corrected chi connectivity index (χ2v) is 5.94. The van der Waals surface area contributed by atoms with Crippen molar-refractivity contribution in [2.45, 2.75) is 45.6 Å². The SMILES string of the molecule is CC(CCNC(C)(C)C)c1cc(F)ccc1Cl. The van der Waals surface area contributed by atoms with E-state index in [4.69, 9.17) is 11.6 Å². The molecular weight excluding hydrogens is 237 g/mol. The van der Waals surface area contributed by atoms with Crippen molar-refractivity contribution in [1.29, 1.82) is 0 Å². The quantitative estimate of drug-likeness (QED) is 0.845. The molecule has 1 nitrogen and oxygen atoms in total. The van der Waals surface area contributed by atoms with Crippen LogP contribution in [0.1, 0.15) is 45.6 Å². The molecule has 1 aromatic rings. The zero-order chi connectivity index (χ0) is 13.1. The minimum atomic E-state index is -0.222. The average molecular weight is 258 g/mol. The first-order valence-electron chi connectivity index (χ1n) is 5.99. The first-order chi connectivity index (χ1) is 7.79. The second kappa shape index (κ2) is 5.83. The number of hydrogen-bond donors (Lipinski definition) is 1. The molecule has 0 fully saturated rings. The summed E-state index contributed by atoms with van der Waals surface area (Å²) >= 11 is 6.07. The van der Waals surface area contributed by atoms with E-state index in [-0.39, 0.29) is 17.3 Å². The Morgan fingerprint density at radius 1 is 1.35 bits per heavy atom. The minimum absolute atomic E-state index is 0.117. The molecule has 1 N–H and O–H groups in total. The Labute approximate surface area is 108 Å². The molecule has 96 valence electrons. The predicted molar refractivity (Wildman–Crippen MR) is 72.2 cm³/mol. The van der Waals surface area contributed by atoms with Gasteiger partial charge >= 0.3 is 0 Å². The molecule has 0 saturated heterocycles. The molecule has 1 unspecified atom stereocenters. The number of rotatable bonds is 4. The maximum atomic E-state index is 13.1. The van der Waals surface area contributed by atoms with Crippen LogP contribution in [0.4, 0.5) is 4.39 Å². The van der Waals surface area contributed by atoms with Crippen LogP contribution >= 0.6 is 11.6 Å². The van der Waals surface area contributed by atoms with Gasteiger partial charge in [0.1, 0.15) is 5.82 Å². The minimum Gasteiger partial charge on any atom is -0.312 e. The Kier molecular flexibility index (Phi) is 4.96. The predicted octanol–water partition coefficient (Wildman–Crippen LogP) is 4.36. The van der Waals surface area contributed by atoms with Crippen LogP contribution in [-0.2, 0) is 0 Å². The first kappa shape index (κ1) is 14.5. The number of nitrogens with one attached hydrogen (secondary N) is 1. The topological polar surface area (TPSA) is 12.0 Å². The van der Waals surface area contributed by atoms with Crippen LogP contribution in [0.3, 0.4) is 0 Å². The summed E-state index contributed by atoms with van der Waals surface area (Å²) in [5.74, 6) is 0.0353. The zero-order valence-electron chi connectivity index (χ0n) is 11.0. The fraction of sp³-hybridized carbons (Fsp3) is 0.571. The highest BCUT2D eigenvalue weighted by Crippen LogP contribution is 2.27. The van der Waals surface area contributed by atoms with Gasteiger partial charge in [-0.25, -0.2) is 4.39 Å². The van der Waals surface area contributed by atoms with E-state index in [9.17, 15) is 4.39 Å². The summed E-state index contributed by atoms with van der Waals surface area (Å²) in [6, 6.07) is 4.55. The van der Waals surface area contributed by atoms with E-state index in [2.05, 4.69) is 33.0 Å². The molecule has 0 spiro atoms. The maximum absolute atomic E-state index is 13.1. The summed E-state index contributed by atoms with van der Waals surface area (Å²) in [4.78, 5) is 0. The van der Waals surface area contributed by atoms with Gasteiger partial charge in [-0.05, 0) is 63.4 Å². The largest absolute Gasteiger partial charge is 0.312 e. The summed E-state index contributed by atoms with van der Waals surface area (Å²) in [6.07, 6.45) is 0.945. The summed E-state index contributed by atoms with van der Waals surface area (Å²) < 4.78 is 13.1. The molecule has 0 saturated carbocycles. The fourth-order valence-electron chi connectivity index (χ4n) is 1.71. The van der Waals surface area contributed by atoms with Crippen LogP contribution in [0.5, 0.6) is 0 Å².